The molecule has 0 aromatic heterocycles. The monoisotopic (exact) mass is 269 g/mol. The Hall–Kier alpha value is -1.79. The van der Waals surface area contributed by atoms with E-state index < -0.39 is 11.5 Å². The third-order valence-electron chi connectivity index (χ3n) is 4.01. The number of piperazine rings is 1. The summed E-state index contributed by atoms with van der Waals surface area (Å²) in [6.45, 7) is 3.08. The van der Waals surface area contributed by atoms with E-state index in [1.54, 1.807) is 6.92 Å². The molecule has 0 saturated carbocycles. The molecule has 7 heteroatoms. The molecule has 2 N–H and O–H groups in total. The van der Waals surface area contributed by atoms with E-state index in [1.165, 1.54) is 9.80 Å². The van der Waals surface area contributed by atoms with Gasteiger partial charge in [0.25, 0.3) is 0 Å². The van der Waals surface area contributed by atoms with E-state index in [1.807, 2.05) is 0 Å². The fourth-order valence-corrected chi connectivity index (χ4v) is 2.87. The molecule has 19 heavy (non-hydrogen) atoms. The standard InChI is InChI=1S/C12H19N3O4/c1-2-12(10(17)18)4-3-6-15(12)11(19)14-7-5-13-9(16)8-14/h2-8H2,1H3,(H,13,16)(H,17,18). The van der Waals surface area contributed by atoms with E-state index in [9.17, 15) is 19.5 Å². The number of amides is 3. The minimum atomic E-state index is -1.11. The van der Waals surface area contributed by atoms with Crippen molar-refractivity contribution in [1.82, 2.24) is 15.1 Å². The number of carbonyl (C=O) groups excluding carboxylic acids is 2. The molecule has 106 valence electrons. The molecule has 0 aromatic carbocycles. The second-order valence-corrected chi connectivity index (χ2v) is 5.00. The van der Waals surface area contributed by atoms with Crippen LogP contribution in [0.2, 0.25) is 0 Å². The lowest BCUT2D eigenvalue weighted by Gasteiger charge is -2.38. The summed E-state index contributed by atoms with van der Waals surface area (Å²) < 4.78 is 0. The van der Waals surface area contributed by atoms with Gasteiger partial charge in [-0.15, -0.1) is 0 Å². The smallest absolute Gasteiger partial charge is 0.329 e. The van der Waals surface area contributed by atoms with E-state index >= 15 is 0 Å². The van der Waals surface area contributed by atoms with Crippen molar-refractivity contribution >= 4 is 17.9 Å². The maximum absolute atomic E-state index is 12.4. The molecule has 2 fully saturated rings. The molecule has 3 amide bonds. The Morgan fingerprint density at radius 3 is 2.74 bits per heavy atom. The summed E-state index contributed by atoms with van der Waals surface area (Å²) in [5, 5.41) is 12.1. The Balaban J connectivity index is 2.17. The molecule has 7 nitrogen and oxygen atoms in total. The molecule has 2 aliphatic rings. The maximum atomic E-state index is 12.4. The molecule has 2 heterocycles. The Labute approximate surface area is 111 Å². The van der Waals surface area contributed by atoms with Crippen molar-refractivity contribution in [3.05, 3.63) is 0 Å². The summed E-state index contributed by atoms with van der Waals surface area (Å²) in [5.41, 5.74) is -1.11. The van der Waals surface area contributed by atoms with Crippen molar-refractivity contribution in [2.24, 2.45) is 0 Å². The largest absolute Gasteiger partial charge is 0.479 e. The SMILES string of the molecule is CCC1(C(=O)O)CCCN1C(=O)N1CCNC(=O)C1. The highest BCUT2D eigenvalue weighted by Gasteiger charge is 2.49. The first-order valence-electron chi connectivity index (χ1n) is 6.58. The van der Waals surface area contributed by atoms with Gasteiger partial charge >= 0.3 is 12.0 Å². The van der Waals surface area contributed by atoms with Gasteiger partial charge in [-0.25, -0.2) is 9.59 Å². The topological polar surface area (TPSA) is 89.9 Å². The molecule has 2 rings (SSSR count). The summed E-state index contributed by atoms with van der Waals surface area (Å²) in [5.74, 6) is -1.15. The van der Waals surface area contributed by atoms with E-state index in [2.05, 4.69) is 5.32 Å². The number of nitrogens with one attached hydrogen (secondary N) is 1. The zero-order chi connectivity index (χ0) is 14.0. The van der Waals surface area contributed by atoms with Crippen LogP contribution in [0.5, 0.6) is 0 Å². The van der Waals surface area contributed by atoms with Gasteiger partial charge in [-0.3, -0.25) is 4.79 Å². The van der Waals surface area contributed by atoms with Gasteiger partial charge in [0.05, 0.1) is 0 Å². The first-order valence-corrected chi connectivity index (χ1v) is 6.58. The number of carboxylic acids is 1. The van der Waals surface area contributed by atoms with Crippen LogP contribution >= 0.6 is 0 Å². The average Bonchev–Trinajstić information content (AvgIpc) is 2.82. The molecule has 2 saturated heterocycles. The van der Waals surface area contributed by atoms with Crippen LogP contribution in [0.3, 0.4) is 0 Å². The number of carboxylic acid groups (broad SMARTS) is 1. The van der Waals surface area contributed by atoms with Crippen LogP contribution in [-0.4, -0.2) is 64.5 Å². The van der Waals surface area contributed by atoms with Crippen LogP contribution in [0.15, 0.2) is 0 Å². The van der Waals surface area contributed by atoms with Crippen LogP contribution in [-0.2, 0) is 9.59 Å². The van der Waals surface area contributed by atoms with Crippen molar-refractivity contribution in [2.45, 2.75) is 31.7 Å². The van der Waals surface area contributed by atoms with E-state index in [0.29, 0.717) is 38.9 Å². The summed E-state index contributed by atoms with van der Waals surface area (Å²) >= 11 is 0. The van der Waals surface area contributed by atoms with Crippen molar-refractivity contribution in [3.8, 4) is 0 Å². The predicted molar refractivity (Wildman–Crippen MR) is 66.6 cm³/mol. The third kappa shape index (κ3) is 2.24. The van der Waals surface area contributed by atoms with E-state index in [0.717, 1.165) is 0 Å². The summed E-state index contributed by atoms with van der Waals surface area (Å²) in [4.78, 5) is 38.1. The molecular formula is C12H19N3O4. The first kappa shape index (κ1) is 13.6. The summed E-state index contributed by atoms with van der Waals surface area (Å²) in [7, 11) is 0. The second-order valence-electron chi connectivity index (χ2n) is 5.00. The van der Waals surface area contributed by atoms with Crippen LogP contribution in [0.1, 0.15) is 26.2 Å². The molecule has 1 unspecified atom stereocenters. The lowest BCUT2D eigenvalue weighted by atomic mass is 9.93. The fraction of sp³-hybridized carbons (Fsp3) is 0.750. The Kier molecular flexibility index (Phi) is 3.64. The van der Waals surface area contributed by atoms with Gasteiger partial charge in [-0.05, 0) is 19.3 Å². The molecule has 1 atom stereocenters. The second kappa shape index (κ2) is 5.07. The Morgan fingerprint density at radius 1 is 1.42 bits per heavy atom. The number of rotatable bonds is 2. The molecule has 2 aliphatic heterocycles. The van der Waals surface area contributed by atoms with Gasteiger partial charge in [-0.2, -0.15) is 0 Å². The highest BCUT2D eigenvalue weighted by molar-refractivity contribution is 5.90. The molecule has 0 aromatic rings. The van der Waals surface area contributed by atoms with E-state index in [-0.39, 0.29) is 18.5 Å². The van der Waals surface area contributed by atoms with Gasteiger partial charge in [-0.1, -0.05) is 6.92 Å². The van der Waals surface area contributed by atoms with Gasteiger partial charge in [0.2, 0.25) is 5.91 Å². The number of hydrogen-bond acceptors (Lipinski definition) is 3. The lowest BCUT2D eigenvalue weighted by molar-refractivity contribution is -0.148. The summed E-state index contributed by atoms with van der Waals surface area (Å²) in [6, 6.07) is -0.336. The van der Waals surface area contributed by atoms with Gasteiger partial charge in [0, 0.05) is 19.6 Å². The van der Waals surface area contributed by atoms with Gasteiger partial charge in [0.1, 0.15) is 12.1 Å². The van der Waals surface area contributed by atoms with Gasteiger partial charge in [0.15, 0.2) is 0 Å². The zero-order valence-corrected chi connectivity index (χ0v) is 11.0. The molecular weight excluding hydrogens is 250 g/mol. The summed E-state index contributed by atoms with van der Waals surface area (Å²) in [6.07, 6.45) is 1.55. The minimum Gasteiger partial charge on any atom is -0.479 e. The van der Waals surface area contributed by atoms with E-state index in [4.69, 9.17) is 0 Å². The minimum absolute atomic E-state index is 0.00868. The van der Waals surface area contributed by atoms with Crippen molar-refractivity contribution < 1.29 is 19.5 Å². The molecule has 0 aliphatic carbocycles. The van der Waals surface area contributed by atoms with Crippen LogP contribution in [0, 0.1) is 0 Å². The maximum Gasteiger partial charge on any atom is 0.329 e. The predicted octanol–water partition coefficient (Wildman–Crippen LogP) is -0.133. The van der Waals surface area contributed by atoms with Crippen molar-refractivity contribution in [1.29, 1.82) is 0 Å². The van der Waals surface area contributed by atoms with Crippen LogP contribution < -0.4 is 5.32 Å². The number of carbonyl (C=O) groups is 3. The number of aliphatic carboxylic acids is 1. The average molecular weight is 269 g/mol. The normalized spacial score (nSPS) is 27.3. The number of hydrogen-bond donors (Lipinski definition) is 2. The molecule has 0 spiro atoms. The lowest BCUT2D eigenvalue weighted by Crippen LogP contribution is -2.60. The van der Waals surface area contributed by atoms with Gasteiger partial charge < -0.3 is 20.2 Å². The van der Waals surface area contributed by atoms with Crippen LogP contribution in [0.4, 0.5) is 4.79 Å². The number of nitrogens with zero attached hydrogens (tertiary/aromatic N) is 2. The fourth-order valence-electron chi connectivity index (χ4n) is 2.87. The zero-order valence-electron chi connectivity index (χ0n) is 11.0. The van der Waals surface area contributed by atoms with Crippen molar-refractivity contribution in [3.63, 3.8) is 0 Å². The Morgan fingerprint density at radius 2 is 2.16 bits per heavy atom. The molecule has 0 bridgehead atoms. The third-order valence-corrected chi connectivity index (χ3v) is 4.01. The highest BCUT2D eigenvalue weighted by Crippen LogP contribution is 2.33. The van der Waals surface area contributed by atoms with Crippen LogP contribution in [0.25, 0.3) is 0 Å². The Bertz CT molecular complexity index is 412. The van der Waals surface area contributed by atoms with Crippen molar-refractivity contribution in [2.75, 3.05) is 26.2 Å². The molecule has 0 radical (unpaired) electrons. The first-order chi connectivity index (χ1) is 9.01. The number of likely N-dealkylation sites (tertiary alicyclic amines) is 1. The quantitative estimate of drug-likeness (QED) is 0.730. The highest BCUT2D eigenvalue weighted by atomic mass is 16.4. The number of urea groups is 1.